The molecule has 0 unspecified atom stereocenters. The highest BCUT2D eigenvalue weighted by molar-refractivity contribution is 6.09. The first-order chi connectivity index (χ1) is 10.8. The molecule has 1 aromatic carbocycles. The van der Waals surface area contributed by atoms with Crippen LogP contribution in [0.15, 0.2) is 41.6 Å². The number of allylic oxidation sites excluding steroid dienone is 2. The summed E-state index contributed by atoms with van der Waals surface area (Å²) in [4.78, 5) is 14.8. The SMILES string of the molecule is CCCCC(C(=O)c1ccccc1)=C(C#N)N1CCOCC1. The summed E-state index contributed by atoms with van der Waals surface area (Å²) in [5.41, 5.74) is 1.80. The summed E-state index contributed by atoms with van der Waals surface area (Å²) < 4.78 is 5.34. The molecule has 0 spiro atoms. The number of ether oxygens (including phenoxy) is 1. The number of hydrogen-bond acceptors (Lipinski definition) is 4. The van der Waals surface area contributed by atoms with Crippen molar-refractivity contribution in [3.05, 3.63) is 47.2 Å². The van der Waals surface area contributed by atoms with Gasteiger partial charge < -0.3 is 9.64 Å². The Morgan fingerprint density at radius 3 is 2.55 bits per heavy atom. The number of benzene rings is 1. The van der Waals surface area contributed by atoms with Gasteiger partial charge in [-0.3, -0.25) is 4.79 Å². The molecule has 1 aromatic rings. The molecule has 116 valence electrons. The second-order valence-corrected chi connectivity index (χ2v) is 5.34. The molecule has 0 N–H and O–H groups in total. The highest BCUT2D eigenvalue weighted by Gasteiger charge is 2.22. The van der Waals surface area contributed by atoms with Gasteiger partial charge in [-0.25, -0.2) is 0 Å². The molecule has 0 bridgehead atoms. The van der Waals surface area contributed by atoms with Crippen molar-refractivity contribution in [1.82, 2.24) is 4.90 Å². The third-order valence-electron chi connectivity index (χ3n) is 3.81. The van der Waals surface area contributed by atoms with Crippen LogP contribution in [0.2, 0.25) is 0 Å². The summed E-state index contributed by atoms with van der Waals surface area (Å²) in [6.07, 6.45) is 2.54. The minimum atomic E-state index is -0.0305. The van der Waals surface area contributed by atoms with E-state index >= 15 is 0 Å². The van der Waals surface area contributed by atoms with E-state index < -0.39 is 0 Å². The molecular formula is C18H22N2O2. The van der Waals surface area contributed by atoms with E-state index in [2.05, 4.69) is 13.0 Å². The number of rotatable bonds is 6. The summed E-state index contributed by atoms with van der Waals surface area (Å²) in [6.45, 7) is 4.63. The molecule has 1 aliphatic heterocycles. The van der Waals surface area contributed by atoms with Crippen molar-refractivity contribution in [3.8, 4) is 6.07 Å². The maximum Gasteiger partial charge on any atom is 0.191 e. The van der Waals surface area contributed by atoms with Gasteiger partial charge in [-0.15, -0.1) is 0 Å². The Balaban J connectivity index is 2.35. The molecule has 4 nitrogen and oxygen atoms in total. The summed E-state index contributed by atoms with van der Waals surface area (Å²) in [7, 11) is 0. The largest absolute Gasteiger partial charge is 0.378 e. The van der Waals surface area contributed by atoms with Crippen molar-refractivity contribution in [2.75, 3.05) is 26.3 Å². The van der Waals surface area contributed by atoms with Crippen molar-refractivity contribution in [2.24, 2.45) is 0 Å². The van der Waals surface area contributed by atoms with E-state index in [-0.39, 0.29) is 5.78 Å². The lowest BCUT2D eigenvalue weighted by atomic mass is 9.96. The van der Waals surface area contributed by atoms with Crippen LogP contribution in [0.3, 0.4) is 0 Å². The van der Waals surface area contributed by atoms with Gasteiger partial charge in [0.25, 0.3) is 0 Å². The predicted octanol–water partition coefficient (Wildman–Crippen LogP) is 3.17. The van der Waals surface area contributed by atoms with Crippen molar-refractivity contribution in [2.45, 2.75) is 26.2 Å². The van der Waals surface area contributed by atoms with Gasteiger partial charge in [0, 0.05) is 24.2 Å². The van der Waals surface area contributed by atoms with E-state index in [4.69, 9.17) is 4.74 Å². The number of carbonyl (C=O) groups excluding carboxylic acids is 1. The van der Waals surface area contributed by atoms with Crippen LogP contribution in [0.25, 0.3) is 0 Å². The molecular weight excluding hydrogens is 276 g/mol. The van der Waals surface area contributed by atoms with Crippen LogP contribution in [0.1, 0.15) is 36.5 Å². The number of carbonyl (C=O) groups is 1. The van der Waals surface area contributed by atoms with Gasteiger partial charge in [0.05, 0.1) is 13.2 Å². The van der Waals surface area contributed by atoms with Gasteiger partial charge in [0.2, 0.25) is 0 Å². The fraction of sp³-hybridized carbons (Fsp3) is 0.444. The van der Waals surface area contributed by atoms with Crippen LogP contribution < -0.4 is 0 Å². The lowest BCUT2D eigenvalue weighted by molar-refractivity contribution is 0.0549. The summed E-state index contributed by atoms with van der Waals surface area (Å²) >= 11 is 0. The second kappa shape index (κ2) is 8.35. The average molecular weight is 298 g/mol. The standard InChI is InChI=1S/C18H22N2O2/c1-2-3-9-16(18(21)15-7-5-4-6-8-15)17(14-19)20-10-12-22-13-11-20/h4-8H,2-3,9-13H2,1H3. The molecule has 1 aliphatic rings. The Kier molecular flexibility index (Phi) is 6.17. The lowest BCUT2D eigenvalue weighted by Crippen LogP contribution is -2.36. The Labute approximate surface area is 132 Å². The Morgan fingerprint density at radius 2 is 1.95 bits per heavy atom. The number of nitrogens with zero attached hydrogens (tertiary/aromatic N) is 2. The number of morpholine rings is 1. The van der Waals surface area contributed by atoms with Gasteiger partial charge in [0.1, 0.15) is 11.8 Å². The highest BCUT2D eigenvalue weighted by Crippen LogP contribution is 2.21. The maximum atomic E-state index is 12.8. The van der Waals surface area contributed by atoms with Crippen LogP contribution >= 0.6 is 0 Å². The molecule has 0 radical (unpaired) electrons. The van der Waals surface area contributed by atoms with E-state index in [9.17, 15) is 10.1 Å². The lowest BCUT2D eigenvalue weighted by Gasteiger charge is -2.29. The molecule has 1 saturated heterocycles. The fourth-order valence-corrected chi connectivity index (χ4v) is 2.57. The zero-order valence-corrected chi connectivity index (χ0v) is 13.0. The monoisotopic (exact) mass is 298 g/mol. The predicted molar refractivity (Wildman–Crippen MR) is 85.3 cm³/mol. The number of hydrogen-bond donors (Lipinski definition) is 0. The Bertz CT molecular complexity index is 566. The maximum absolute atomic E-state index is 12.8. The van der Waals surface area contributed by atoms with Crippen LogP contribution in [0, 0.1) is 11.3 Å². The van der Waals surface area contributed by atoms with Gasteiger partial charge in [-0.1, -0.05) is 43.7 Å². The number of unbranched alkanes of at least 4 members (excludes halogenated alkanes) is 1. The molecule has 0 saturated carbocycles. The third-order valence-corrected chi connectivity index (χ3v) is 3.81. The molecule has 0 aromatic heterocycles. The fourth-order valence-electron chi connectivity index (χ4n) is 2.57. The van der Waals surface area contributed by atoms with Gasteiger partial charge >= 0.3 is 0 Å². The van der Waals surface area contributed by atoms with Crippen molar-refractivity contribution < 1.29 is 9.53 Å². The molecule has 22 heavy (non-hydrogen) atoms. The third kappa shape index (κ3) is 3.96. The summed E-state index contributed by atoms with van der Waals surface area (Å²) in [5.74, 6) is -0.0305. The van der Waals surface area contributed by atoms with E-state index in [1.807, 2.05) is 35.2 Å². The molecule has 1 heterocycles. The summed E-state index contributed by atoms with van der Waals surface area (Å²) in [6, 6.07) is 11.5. The van der Waals surface area contributed by atoms with Gasteiger partial charge in [0.15, 0.2) is 5.78 Å². The number of nitriles is 1. The van der Waals surface area contributed by atoms with Crippen LogP contribution in [-0.2, 0) is 4.74 Å². The molecule has 0 amide bonds. The first-order valence-electron chi connectivity index (χ1n) is 7.83. The van der Waals surface area contributed by atoms with E-state index in [0.717, 1.165) is 12.8 Å². The Hall–Kier alpha value is -2.12. The number of ketones is 1. The molecule has 2 rings (SSSR count). The minimum absolute atomic E-state index is 0.0305. The van der Waals surface area contributed by atoms with Crippen molar-refractivity contribution in [1.29, 1.82) is 5.26 Å². The molecule has 0 aliphatic carbocycles. The second-order valence-electron chi connectivity index (χ2n) is 5.34. The van der Waals surface area contributed by atoms with Crippen LogP contribution in [-0.4, -0.2) is 37.0 Å². The van der Waals surface area contributed by atoms with Crippen molar-refractivity contribution in [3.63, 3.8) is 0 Å². The van der Waals surface area contributed by atoms with E-state index in [1.54, 1.807) is 0 Å². The average Bonchev–Trinajstić information content (AvgIpc) is 2.59. The van der Waals surface area contributed by atoms with E-state index in [0.29, 0.717) is 49.6 Å². The first kappa shape index (κ1) is 16.3. The quantitative estimate of drug-likeness (QED) is 0.460. The van der Waals surface area contributed by atoms with Crippen LogP contribution in [0.5, 0.6) is 0 Å². The molecule has 0 atom stereocenters. The number of Topliss-reactive ketones (excluding diaryl/α,β-unsaturated/α-hetero) is 1. The van der Waals surface area contributed by atoms with E-state index in [1.165, 1.54) is 0 Å². The highest BCUT2D eigenvalue weighted by atomic mass is 16.5. The normalized spacial score (nSPS) is 15.9. The first-order valence-corrected chi connectivity index (χ1v) is 7.83. The molecule has 1 fully saturated rings. The molecule has 4 heteroatoms. The zero-order valence-electron chi connectivity index (χ0n) is 13.0. The minimum Gasteiger partial charge on any atom is -0.378 e. The van der Waals surface area contributed by atoms with Crippen molar-refractivity contribution >= 4 is 5.78 Å². The van der Waals surface area contributed by atoms with Crippen LogP contribution in [0.4, 0.5) is 0 Å². The van der Waals surface area contributed by atoms with Gasteiger partial charge in [-0.05, 0) is 12.8 Å². The van der Waals surface area contributed by atoms with Gasteiger partial charge in [-0.2, -0.15) is 5.26 Å². The zero-order chi connectivity index (χ0) is 15.8. The smallest absolute Gasteiger partial charge is 0.191 e. The topological polar surface area (TPSA) is 53.3 Å². The summed E-state index contributed by atoms with van der Waals surface area (Å²) in [5, 5.41) is 9.60. The Morgan fingerprint density at radius 1 is 1.27 bits per heavy atom.